The zero-order chi connectivity index (χ0) is 10.3. The van der Waals surface area contributed by atoms with E-state index in [1.807, 2.05) is 18.7 Å². The number of hydrogen-bond donors (Lipinski definition) is 1. The van der Waals surface area contributed by atoms with E-state index in [1.54, 1.807) is 0 Å². The summed E-state index contributed by atoms with van der Waals surface area (Å²) >= 11 is 0. The Morgan fingerprint density at radius 3 is 2.38 bits per heavy atom. The van der Waals surface area contributed by atoms with E-state index in [0.717, 1.165) is 25.9 Å². The van der Waals surface area contributed by atoms with Gasteiger partial charge in [-0.2, -0.15) is 0 Å². The second kappa shape index (κ2) is 6.89. The first kappa shape index (κ1) is 12.4. The summed E-state index contributed by atoms with van der Waals surface area (Å²) in [5, 5.41) is 0. The minimum Gasteiger partial charge on any atom is -0.342 e. The van der Waals surface area contributed by atoms with Gasteiger partial charge in [0.05, 0.1) is 0 Å². The maximum Gasteiger partial charge on any atom is 0.225 e. The fourth-order valence-corrected chi connectivity index (χ4v) is 1.25. The van der Waals surface area contributed by atoms with Gasteiger partial charge in [0.25, 0.3) is 0 Å². The quantitative estimate of drug-likeness (QED) is 0.678. The monoisotopic (exact) mass is 186 g/mol. The molecule has 0 aliphatic heterocycles. The summed E-state index contributed by atoms with van der Waals surface area (Å²) in [5.41, 5.74) is 5.41. The first-order valence-corrected chi connectivity index (χ1v) is 5.12. The molecule has 2 N–H and O–H groups in total. The fraction of sp³-hybridized carbons (Fsp3) is 0.900. The van der Waals surface area contributed by atoms with E-state index in [1.165, 1.54) is 0 Å². The molecule has 1 amide bonds. The van der Waals surface area contributed by atoms with Crippen molar-refractivity contribution in [2.45, 2.75) is 33.6 Å². The number of hydrogen-bond acceptors (Lipinski definition) is 2. The van der Waals surface area contributed by atoms with Crippen molar-refractivity contribution in [3.05, 3.63) is 0 Å². The summed E-state index contributed by atoms with van der Waals surface area (Å²) in [6, 6.07) is 0. The molecule has 0 aromatic carbocycles. The molecule has 0 fully saturated rings. The van der Waals surface area contributed by atoms with Gasteiger partial charge in [0, 0.05) is 19.0 Å². The van der Waals surface area contributed by atoms with Crippen molar-refractivity contribution in [2.24, 2.45) is 11.7 Å². The van der Waals surface area contributed by atoms with Crippen LogP contribution in [-0.4, -0.2) is 30.4 Å². The highest BCUT2D eigenvalue weighted by Gasteiger charge is 2.14. The van der Waals surface area contributed by atoms with Crippen LogP contribution in [0.25, 0.3) is 0 Å². The Bertz CT molecular complexity index is 146. The van der Waals surface area contributed by atoms with Gasteiger partial charge in [0.2, 0.25) is 5.91 Å². The molecule has 0 heterocycles. The summed E-state index contributed by atoms with van der Waals surface area (Å²) in [4.78, 5) is 13.5. The highest BCUT2D eigenvalue weighted by Crippen LogP contribution is 2.03. The molecule has 0 saturated heterocycles. The van der Waals surface area contributed by atoms with Crippen molar-refractivity contribution in [1.29, 1.82) is 0 Å². The number of carbonyl (C=O) groups is 1. The lowest BCUT2D eigenvalue weighted by atomic mass is 10.2. The van der Waals surface area contributed by atoms with Crippen LogP contribution >= 0.6 is 0 Å². The highest BCUT2D eigenvalue weighted by molar-refractivity contribution is 5.78. The lowest BCUT2D eigenvalue weighted by molar-refractivity contribution is -0.134. The van der Waals surface area contributed by atoms with Crippen LogP contribution < -0.4 is 5.73 Å². The minimum atomic E-state index is 0.101. The predicted octanol–water partition coefficient (Wildman–Crippen LogP) is 1.23. The molecule has 78 valence electrons. The van der Waals surface area contributed by atoms with Crippen molar-refractivity contribution >= 4 is 5.91 Å². The van der Waals surface area contributed by atoms with E-state index in [4.69, 9.17) is 5.73 Å². The van der Waals surface area contributed by atoms with E-state index in [2.05, 4.69) is 6.92 Å². The standard InChI is InChI=1S/C10H22N2O/c1-4-7-12(8-5-6-11)10(13)9(2)3/h9H,4-8,11H2,1-3H3. The van der Waals surface area contributed by atoms with E-state index >= 15 is 0 Å². The molecule has 0 aromatic rings. The first-order chi connectivity index (χ1) is 6.13. The van der Waals surface area contributed by atoms with Gasteiger partial charge in [0.15, 0.2) is 0 Å². The molecule has 0 radical (unpaired) electrons. The van der Waals surface area contributed by atoms with Crippen LogP contribution in [0.5, 0.6) is 0 Å². The van der Waals surface area contributed by atoms with Gasteiger partial charge in [-0.3, -0.25) is 4.79 Å². The van der Waals surface area contributed by atoms with Crippen molar-refractivity contribution in [3.8, 4) is 0 Å². The van der Waals surface area contributed by atoms with Crippen LogP contribution in [0.1, 0.15) is 33.6 Å². The van der Waals surface area contributed by atoms with Crippen molar-refractivity contribution in [2.75, 3.05) is 19.6 Å². The predicted molar refractivity (Wildman–Crippen MR) is 55.4 cm³/mol. The van der Waals surface area contributed by atoms with Gasteiger partial charge in [0.1, 0.15) is 0 Å². The third kappa shape index (κ3) is 4.88. The van der Waals surface area contributed by atoms with Crippen LogP contribution in [0, 0.1) is 5.92 Å². The largest absolute Gasteiger partial charge is 0.342 e. The zero-order valence-corrected chi connectivity index (χ0v) is 9.05. The van der Waals surface area contributed by atoms with Crippen LogP contribution in [0.4, 0.5) is 0 Å². The SMILES string of the molecule is CCCN(CCCN)C(=O)C(C)C. The topological polar surface area (TPSA) is 46.3 Å². The highest BCUT2D eigenvalue weighted by atomic mass is 16.2. The van der Waals surface area contributed by atoms with Gasteiger partial charge in [-0.25, -0.2) is 0 Å². The molecule has 3 heteroatoms. The first-order valence-electron chi connectivity index (χ1n) is 5.12. The molecule has 0 spiro atoms. The van der Waals surface area contributed by atoms with E-state index in [-0.39, 0.29) is 11.8 Å². The van der Waals surface area contributed by atoms with E-state index in [0.29, 0.717) is 6.54 Å². The van der Waals surface area contributed by atoms with Gasteiger partial charge in [-0.15, -0.1) is 0 Å². The summed E-state index contributed by atoms with van der Waals surface area (Å²) in [6.45, 7) is 8.29. The molecule has 13 heavy (non-hydrogen) atoms. The number of nitrogens with two attached hydrogens (primary N) is 1. The molecule has 0 aliphatic carbocycles. The van der Waals surface area contributed by atoms with Crippen molar-refractivity contribution in [3.63, 3.8) is 0 Å². The lowest BCUT2D eigenvalue weighted by Crippen LogP contribution is -2.36. The fourth-order valence-electron chi connectivity index (χ4n) is 1.25. The van der Waals surface area contributed by atoms with Crippen LogP contribution in [0.15, 0.2) is 0 Å². The minimum absolute atomic E-state index is 0.101. The Hall–Kier alpha value is -0.570. The molecule has 0 aromatic heterocycles. The van der Waals surface area contributed by atoms with Gasteiger partial charge in [-0.05, 0) is 19.4 Å². The van der Waals surface area contributed by atoms with Crippen LogP contribution in [-0.2, 0) is 4.79 Å². The van der Waals surface area contributed by atoms with Crippen molar-refractivity contribution < 1.29 is 4.79 Å². The molecule has 0 atom stereocenters. The summed E-state index contributed by atoms with van der Waals surface area (Å²) in [7, 11) is 0. The Balaban J connectivity index is 3.99. The Morgan fingerprint density at radius 2 is 2.00 bits per heavy atom. The molecule has 0 aliphatic rings. The molecule has 3 nitrogen and oxygen atoms in total. The maximum atomic E-state index is 11.6. The number of amides is 1. The smallest absolute Gasteiger partial charge is 0.225 e. The van der Waals surface area contributed by atoms with Crippen LogP contribution in [0.3, 0.4) is 0 Å². The zero-order valence-electron chi connectivity index (χ0n) is 9.05. The van der Waals surface area contributed by atoms with Gasteiger partial charge in [-0.1, -0.05) is 20.8 Å². The van der Waals surface area contributed by atoms with Gasteiger partial charge < -0.3 is 10.6 Å². The molecular weight excluding hydrogens is 164 g/mol. The summed E-state index contributed by atoms with van der Waals surface area (Å²) < 4.78 is 0. The second-order valence-electron chi connectivity index (χ2n) is 3.62. The lowest BCUT2D eigenvalue weighted by Gasteiger charge is -2.23. The molecule has 0 rings (SSSR count). The van der Waals surface area contributed by atoms with E-state index in [9.17, 15) is 4.79 Å². The summed E-state index contributed by atoms with van der Waals surface area (Å²) in [6.07, 6.45) is 1.92. The average Bonchev–Trinajstić information content (AvgIpc) is 2.11. The van der Waals surface area contributed by atoms with E-state index < -0.39 is 0 Å². The average molecular weight is 186 g/mol. The number of nitrogens with zero attached hydrogens (tertiary/aromatic N) is 1. The second-order valence-corrected chi connectivity index (χ2v) is 3.62. The Labute approximate surface area is 81.3 Å². The summed E-state index contributed by atoms with van der Waals surface area (Å²) in [5.74, 6) is 0.347. The third-order valence-corrected chi connectivity index (χ3v) is 1.93. The molecule has 0 saturated carbocycles. The molecular formula is C10H22N2O. The normalized spacial score (nSPS) is 10.5. The Kier molecular flexibility index (Phi) is 6.59. The number of rotatable bonds is 6. The third-order valence-electron chi connectivity index (χ3n) is 1.93. The van der Waals surface area contributed by atoms with Crippen LogP contribution in [0.2, 0.25) is 0 Å². The van der Waals surface area contributed by atoms with Crippen molar-refractivity contribution in [1.82, 2.24) is 4.90 Å². The Morgan fingerprint density at radius 1 is 1.38 bits per heavy atom. The number of carbonyl (C=O) groups excluding carboxylic acids is 1. The molecule has 0 bridgehead atoms. The molecule has 0 unspecified atom stereocenters. The maximum absolute atomic E-state index is 11.6. The van der Waals surface area contributed by atoms with Gasteiger partial charge >= 0.3 is 0 Å².